The molecule has 0 saturated heterocycles. The van der Waals surface area contributed by atoms with Crippen LogP contribution in [0.4, 0.5) is 13.2 Å². The minimum atomic E-state index is -5.24. The lowest BCUT2D eigenvalue weighted by Crippen LogP contribution is -2.37. The van der Waals surface area contributed by atoms with E-state index in [4.69, 9.17) is 0 Å². The van der Waals surface area contributed by atoms with Crippen molar-refractivity contribution in [1.82, 2.24) is 11.0 Å². The van der Waals surface area contributed by atoms with Gasteiger partial charge in [-0.2, -0.15) is 23.3 Å². The number of carbonyl (C=O) groups is 1. The molecule has 7 nitrogen and oxygen atoms in total. The minimum absolute atomic E-state index is 0.183. The topological polar surface area (TPSA) is 99.7 Å². The summed E-state index contributed by atoms with van der Waals surface area (Å²) in [4.78, 5) is 21.2. The first-order valence-electron chi connectivity index (χ1n) is 5.47. The van der Waals surface area contributed by atoms with Gasteiger partial charge in [-0.1, -0.05) is 26.2 Å². The molecule has 0 spiro atoms. The van der Waals surface area contributed by atoms with Crippen molar-refractivity contribution in [3.05, 3.63) is 0 Å². The fourth-order valence-electron chi connectivity index (χ4n) is 0.923. The summed E-state index contributed by atoms with van der Waals surface area (Å²) in [5.74, 6) is -2.55. The van der Waals surface area contributed by atoms with Gasteiger partial charge in [0.15, 0.2) is 0 Å². The van der Waals surface area contributed by atoms with E-state index in [0.29, 0.717) is 6.42 Å². The van der Waals surface area contributed by atoms with Crippen molar-refractivity contribution in [1.29, 1.82) is 0 Å². The van der Waals surface area contributed by atoms with Crippen LogP contribution < -0.4 is 15.9 Å². The largest absolute Gasteiger partial charge is 0.754 e. The highest BCUT2D eigenvalue weighted by molar-refractivity contribution is 7.45. The van der Waals surface area contributed by atoms with Crippen molar-refractivity contribution in [3.63, 3.8) is 0 Å². The number of nitrogens with one attached hydrogen (secondary N) is 2. The molecule has 0 aromatic carbocycles. The van der Waals surface area contributed by atoms with Crippen molar-refractivity contribution in [2.24, 2.45) is 0 Å². The molecule has 0 rings (SSSR count). The van der Waals surface area contributed by atoms with Crippen LogP contribution in [0, 0.1) is 0 Å². The van der Waals surface area contributed by atoms with Crippen molar-refractivity contribution in [3.8, 4) is 0 Å². The molecule has 0 aromatic heterocycles. The molecule has 0 radical (unpaired) electrons. The molecule has 1 atom stereocenters. The average Bonchev–Trinajstić information content (AvgIpc) is 2.29. The molecule has 0 aromatic rings. The van der Waals surface area contributed by atoms with Crippen molar-refractivity contribution >= 4 is 13.7 Å². The molecule has 0 saturated carbocycles. The monoisotopic (exact) mass is 307 g/mol. The Morgan fingerprint density at radius 3 is 2.42 bits per heavy atom. The Morgan fingerprint density at radius 1 is 1.26 bits per heavy atom. The quantitative estimate of drug-likeness (QED) is 0.377. The normalized spacial score (nSPS) is 15.0. The first-order chi connectivity index (χ1) is 8.69. The summed E-state index contributed by atoms with van der Waals surface area (Å²) in [7, 11) is -5.06. The minimum Gasteiger partial charge on any atom is -0.754 e. The molecule has 0 fully saturated rings. The van der Waals surface area contributed by atoms with E-state index >= 15 is 0 Å². The predicted molar refractivity (Wildman–Crippen MR) is 56.1 cm³/mol. The summed E-state index contributed by atoms with van der Waals surface area (Å²) in [5.41, 5.74) is 2.73. The molecule has 11 heteroatoms. The van der Waals surface area contributed by atoms with Gasteiger partial charge < -0.3 is 4.89 Å². The maximum absolute atomic E-state index is 11.7. The molecular formula is C8H15F3N2O5P-. The standard InChI is InChI=1S/C8H16F3N2O5P/c1-2-3-4-5-6-12-17-19(15,16)18-13-7(14)8(9,10)11/h12H,2-6H2,1H3,(H,13,14)(H,15,16)/p-1. The number of phosphoric acid groups is 1. The third kappa shape index (κ3) is 9.85. The number of alkyl halides is 3. The van der Waals surface area contributed by atoms with Crippen molar-refractivity contribution < 1.29 is 36.7 Å². The fourth-order valence-corrected chi connectivity index (χ4v) is 1.40. The lowest BCUT2D eigenvalue weighted by Gasteiger charge is -2.21. The number of hydrogen-bond donors (Lipinski definition) is 2. The van der Waals surface area contributed by atoms with Crippen LogP contribution in [0.3, 0.4) is 0 Å². The van der Waals surface area contributed by atoms with Gasteiger partial charge >= 0.3 is 19.9 Å². The first kappa shape index (κ1) is 18.3. The third-order valence-corrected chi connectivity index (χ3v) is 2.48. The zero-order valence-corrected chi connectivity index (χ0v) is 11.1. The molecule has 2 N–H and O–H groups in total. The second-order valence-electron chi connectivity index (χ2n) is 3.51. The van der Waals surface area contributed by atoms with E-state index in [-0.39, 0.29) is 6.54 Å². The molecule has 0 heterocycles. The summed E-state index contributed by atoms with van der Waals surface area (Å²) in [6, 6.07) is 0. The highest BCUT2D eigenvalue weighted by atomic mass is 31.2. The molecule has 19 heavy (non-hydrogen) atoms. The van der Waals surface area contributed by atoms with Crippen LogP contribution in [-0.4, -0.2) is 18.6 Å². The van der Waals surface area contributed by atoms with Gasteiger partial charge in [0.1, 0.15) is 0 Å². The molecule has 1 unspecified atom stereocenters. The van der Waals surface area contributed by atoms with Crippen molar-refractivity contribution in [2.75, 3.05) is 6.54 Å². The first-order valence-corrected chi connectivity index (χ1v) is 6.93. The number of halogens is 3. The van der Waals surface area contributed by atoms with E-state index in [1.165, 1.54) is 0 Å². The van der Waals surface area contributed by atoms with Gasteiger partial charge in [0.05, 0.1) is 0 Å². The maximum atomic E-state index is 11.7. The second-order valence-corrected chi connectivity index (χ2v) is 4.77. The molecule has 1 amide bonds. The van der Waals surface area contributed by atoms with Crippen LogP contribution in [0.5, 0.6) is 0 Å². The van der Waals surface area contributed by atoms with Crippen LogP contribution in [0.15, 0.2) is 0 Å². The number of unbranched alkanes of at least 4 members (excludes halogenated alkanes) is 3. The Bertz CT molecular complexity index is 326. The van der Waals surface area contributed by atoms with Gasteiger partial charge in [0.25, 0.3) is 0 Å². The fraction of sp³-hybridized carbons (Fsp3) is 0.875. The van der Waals surface area contributed by atoms with Crippen molar-refractivity contribution in [2.45, 2.75) is 38.8 Å². The van der Waals surface area contributed by atoms with Gasteiger partial charge in [-0.3, -0.25) is 9.36 Å². The average molecular weight is 307 g/mol. The Labute approximate surface area is 108 Å². The van der Waals surface area contributed by atoms with Gasteiger partial charge in [-0.15, -0.1) is 0 Å². The lowest BCUT2D eigenvalue weighted by atomic mass is 10.2. The van der Waals surface area contributed by atoms with E-state index in [0.717, 1.165) is 24.7 Å². The summed E-state index contributed by atoms with van der Waals surface area (Å²) in [6.07, 6.45) is -1.81. The smallest absolute Gasteiger partial charge is 0.473 e. The maximum Gasteiger partial charge on any atom is 0.473 e. The van der Waals surface area contributed by atoms with Gasteiger partial charge in [0, 0.05) is 6.54 Å². The lowest BCUT2D eigenvalue weighted by molar-refractivity contribution is -0.240. The summed E-state index contributed by atoms with van der Waals surface area (Å²) in [5, 5.41) is 0. The molecule has 0 aliphatic carbocycles. The van der Waals surface area contributed by atoms with Crippen LogP contribution in [0.2, 0.25) is 0 Å². The molecule has 114 valence electrons. The highest BCUT2D eigenvalue weighted by Gasteiger charge is 2.39. The Morgan fingerprint density at radius 2 is 1.89 bits per heavy atom. The van der Waals surface area contributed by atoms with Crippen LogP contribution in [0.25, 0.3) is 0 Å². The summed E-state index contributed by atoms with van der Waals surface area (Å²) < 4.78 is 53.6. The summed E-state index contributed by atoms with van der Waals surface area (Å²) >= 11 is 0. The number of hydrogen-bond acceptors (Lipinski definition) is 6. The van der Waals surface area contributed by atoms with Crippen LogP contribution in [0.1, 0.15) is 32.6 Å². The Kier molecular flexibility index (Phi) is 8.19. The number of rotatable bonds is 9. The summed E-state index contributed by atoms with van der Waals surface area (Å²) in [6.45, 7) is 2.18. The van der Waals surface area contributed by atoms with Gasteiger partial charge in [-0.25, -0.2) is 10.1 Å². The zero-order chi connectivity index (χ0) is 14.9. The number of carbonyl (C=O) groups excluding carboxylic acids is 1. The van der Waals surface area contributed by atoms with E-state index in [1.807, 2.05) is 12.4 Å². The Hall–Kier alpha value is -0.670. The van der Waals surface area contributed by atoms with E-state index in [1.54, 1.807) is 0 Å². The van der Waals surface area contributed by atoms with Crippen LogP contribution in [-0.2, 0) is 18.6 Å². The molecule has 0 aliphatic heterocycles. The molecular weight excluding hydrogens is 292 g/mol. The Balaban J connectivity index is 3.81. The number of amides is 1. The highest BCUT2D eigenvalue weighted by Crippen LogP contribution is 2.35. The predicted octanol–water partition coefficient (Wildman–Crippen LogP) is 1.17. The van der Waals surface area contributed by atoms with Crippen LogP contribution >= 0.6 is 7.82 Å². The second kappa shape index (κ2) is 8.49. The van der Waals surface area contributed by atoms with Gasteiger partial charge in [-0.05, 0) is 6.42 Å². The van der Waals surface area contributed by atoms with E-state index < -0.39 is 19.9 Å². The molecule has 0 aliphatic rings. The zero-order valence-electron chi connectivity index (χ0n) is 10.2. The van der Waals surface area contributed by atoms with E-state index in [9.17, 15) is 27.4 Å². The number of hydroxylamine groups is 2. The van der Waals surface area contributed by atoms with Gasteiger partial charge in [0.2, 0.25) is 0 Å². The third-order valence-electron chi connectivity index (χ3n) is 1.82. The molecule has 0 bridgehead atoms. The SMILES string of the molecule is CCCCCCNOP(=O)([O-])ONC(=O)C(F)(F)F. The van der Waals surface area contributed by atoms with E-state index in [2.05, 4.69) is 9.25 Å².